The molecule has 16 heavy (non-hydrogen) atoms. The van der Waals surface area contributed by atoms with Crippen molar-refractivity contribution < 1.29 is 5.11 Å². The summed E-state index contributed by atoms with van der Waals surface area (Å²) in [5.74, 6) is 1.83. The molecule has 0 spiro atoms. The standard InChI is InChI=1S/C15H20O/c1-2-6-13-14(15(13)11-16)10-9-12-7-4-3-5-8-12/h3-5,7-10,13-16H,2,6,11H2,1H3/b10-9+/t13-,14-,15+/m0/s1. The average molecular weight is 216 g/mol. The van der Waals surface area contributed by atoms with Crippen molar-refractivity contribution in [2.24, 2.45) is 17.8 Å². The van der Waals surface area contributed by atoms with Crippen molar-refractivity contribution in [2.75, 3.05) is 6.61 Å². The number of aliphatic hydroxyl groups is 1. The van der Waals surface area contributed by atoms with Crippen molar-refractivity contribution in [3.05, 3.63) is 42.0 Å². The van der Waals surface area contributed by atoms with Crippen molar-refractivity contribution in [1.29, 1.82) is 0 Å². The molecule has 0 aliphatic heterocycles. The molecule has 1 aliphatic carbocycles. The predicted molar refractivity (Wildman–Crippen MR) is 67.9 cm³/mol. The first kappa shape index (κ1) is 11.4. The lowest BCUT2D eigenvalue weighted by molar-refractivity contribution is 0.265. The van der Waals surface area contributed by atoms with Gasteiger partial charge in [-0.2, -0.15) is 0 Å². The Bertz CT molecular complexity index is 342. The van der Waals surface area contributed by atoms with E-state index in [2.05, 4.69) is 43.3 Å². The topological polar surface area (TPSA) is 20.2 Å². The molecule has 0 amide bonds. The Balaban J connectivity index is 1.93. The van der Waals surface area contributed by atoms with Gasteiger partial charge in [0.05, 0.1) is 0 Å². The molecule has 2 rings (SSSR count). The maximum atomic E-state index is 9.24. The Morgan fingerprint density at radius 2 is 1.94 bits per heavy atom. The maximum Gasteiger partial charge on any atom is 0.0467 e. The molecule has 3 atom stereocenters. The molecule has 1 nitrogen and oxygen atoms in total. The van der Waals surface area contributed by atoms with Crippen LogP contribution >= 0.6 is 0 Å². The van der Waals surface area contributed by atoms with Crippen LogP contribution < -0.4 is 0 Å². The fourth-order valence-electron chi connectivity index (χ4n) is 2.54. The van der Waals surface area contributed by atoms with Crippen molar-refractivity contribution in [1.82, 2.24) is 0 Å². The van der Waals surface area contributed by atoms with Crippen molar-refractivity contribution in [3.63, 3.8) is 0 Å². The highest BCUT2D eigenvalue weighted by Gasteiger charge is 2.46. The number of aliphatic hydroxyl groups excluding tert-OH is 1. The van der Waals surface area contributed by atoms with Gasteiger partial charge in [-0.25, -0.2) is 0 Å². The highest BCUT2D eigenvalue weighted by atomic mass is 16.3. The molecular weight excluding hydrogens is 196 g/mol. The van der Waals surface area contributed by atoms with Crippen molar-refractivity contribution in [2.45, 2.75) is 19.8 Å². The van der Waals surface area contributed by atoms with E-state index < -0.39 is 0 Å². The lowest BCUT2D eigenvalue weighted by Gasteiger charge is -1.92. The van der Waals surface area contributed by atoms with Gasteiger partial charge in [0, 0.05) is 6.61 Å². The largest absolute Gasteiger partial charge is 0.396 e. The number of hydrogen-bond donors (Lipinski definition) is 1. The van der Waals surface area contributed by atoms with Gasteiger partial charge in [-0.15, -0.1) is 0 Å². The third-order valence-electron chi connectivity index (χ3n) is 3.54. The summed E-state index contributed by atoms with van der Waals surface area (Å²) in [6.45, 7) is 2.55. The summed E-state index contributed by atoms with van der Waals surface area (Å²) in [5.41, 5.74) is 1.25. The van der Waals surface area contributed by atoms with Gasteiger partial charge >= 0.3 is 0 Å². The van der Waals surface area contributed by atoms with Gasteiger partial charge in [-0.3, -0.25) is 0 Å². The van der Waals surface area contributed by atoms with Gasteiger partial charge < -0.3 is 5.11 Å². The number of allylic oxidation sites excluding steroid dienone is 1. The molecule has 1 N–H and O–H groups in total. The fourth-order valence-corrected chi connectivity index (χ4v) is 2.54. The minimum Gasteiger partial charge on any atom is -0.396 e. The predicted octanol–water partition coefficient (Wildman–Crippen LogP) is 3.35. The summed E-state index contributed by atoms with van der Waals surface area (Å²) in [7, 11) is 0. The molecule has 1 saturated carbocycles. The molecule has 1 heteroatoms. The number of hydrogen-bond acceptors (Lipinski definition) is 1. The molecule has 0 radical (unpaired) electrons. The molecule has 0 bridgehead atoms. The van der Waals surface area contributed by atoms with Gasteiger partial charge in [0.1, 0.15) is 0 Å². The molecule has 0 saturated heterocycles. The van der Waals surface area contributed by atoms with Crippen LogP contribution in [0.3, 0.4) is 0 Å². The third kappa shape index (κ3) is 2.53. The second kappa shape index (κ2) is 5.31. The second-order valence-corrected chi connectivity index (χ2v) is 4.65. The summed E-state index contributed by atoms with van der Waals surface area (Å²) >= 11 is 0. The van der Waals surface area contributed by atoms with Crippen LogP contribution in [0, 0.1) is 17.8 Å². The van der Waals surface area contributed by atoms with E-state index in [4.69, 9.17) is 0 Å². The lowest BCUT2D eigenvalue weighted by Crippen LogP contribution is -1.87. The van der Waals surface area contributed by atoms with Gasteiger partial charge in [0.15, 0.2) is 0 Å². The third-order valence-corrected chi connectivity index (χ3v) is 3.54. The molecule has 1 aliphatic rings. The van der Waals surface area contributed by atoms with Gasteiger partial charge in [-0.05, 0) is 29.7 Å². The van der Waals surface area contributed by atoms with Crippen LogP contribution in [0.15, 0.2) is 36.4 Å². The van der Waals surface area contributed by atoms with Crippen LogP contribution in [0.4, 0.5) is 0 Å². The monoisotopic (exact) mass is 216 g/mol. The zero-order valence-electron chi connectivity index (χ0n) is 9.84. The molecule has 86 valence electrons. The minimum atomic E-state index is 0.342. The van der Waals surface area contributed by atoms with Gasteiger partial charge in [-0.1, -0.05) is 55.8 Å². The fraction of sp³-hybridized carbons (Fsp3) is 0.467. The molecule has 0 aromatic heterocycles. The van der Waals surface area contributed by atoms with Gasteiger partial charge in [0.2, 0.25) is 0 Å². The number of rotatable bonds is 5. The Kier molecular flexibility index (Phi) is 3.79. The SMILES string of the molecule is CCC[C@H]1[C@H](/C=C/c2ccccc2)[C@@H]1CO. The first-order chi connectivity index (χ1) is 7.86. The average Bonchev–Trinajstić information content (AvgIpc) is 3.00. The summed E-state index contributed by atoms with van der Waals surface area (Å²) in [5, 5.41) is 9.24. The highest BCUT2D eigenvalue weighted by Crippen LogP contribution is 2.49. The Hall–Kier alpha value is -1.08. The van der Waals surface area contributed by atoms with Gasteiger partial charge in [0.25, 0.3) is 0 Å². The number of benzene rings is 1. The van der Waals surface area contributed by atoms with E-state index >= 15 is 0 Å². The van der Waals surface area contributed by atoms with E-state index in [9.17, 15) is 5.11 Å². The maximum absolute atomic E-state index is 9.24. The molecule has 1 aromatic carbocycles. The summed E-state index contributed by atoms with van der Waals surface area (Å²) in [6.07, 6.45) is 6.92. The van der Waals surface area contributed by atoms with E-state index in [0.717, 1.165) is 5.92 Å². The molecule has 1 aromatic rings. The van der Waals surface area contributed by atoms with Crippen LogP contribution in [0.1, 0.15) is 25.3 Å². The summed E-state index contributed by atoms with van der Waals surface area (Å²) < 4.78 is 0. The smallest absolute Gasteiger partial charge is 0.0467 e. The quantitative estimate of drug-likeness (QED) is 0.800. The van der Waals surface area contributed by atoms with Crippen LogP contribution in [0.2, 0.25) is 0 Å². The Morgan fingerprint density at radius 1 is 1.19 bits per heavy atom. The highest BCUT2D eigenvalue weighted by molar-refractivity contribution is 5.49. The molecule has 0 heterocycles. The van der Waals surface area contributed by atoms with Crippen LogP contribution in [0.25, 0.3) is 6.08 Å². The lowest BCUT2D eigenvalue weighted by atomic mass is 10.1. The van der Waals surface area contributed by atoms with E-state index in [1.54, 1.807) is 0 Å². The van der Waals surface area contributed by atoms with Crippen LogP contribution in [-0.2, 0) is 0 Å². The second-order valence-electron chi connectivity index (χ2n) is 4.65. The van der Waals surface area contributed by atoms with E-state index in [1.165, 1.54) is 18.4 Å². The zero-order chi connectivity index (χ0) is 11.4. The molecule has 0 unspecified atom stereocenters. The van der Waals surface area contributed by atoms with E-state index in [0.29, 0.717) is 18.4 Å². The normalized spacial score (nSPS) is 28.5. The van der Waals surface area contributed by atoms with E-state index in [1.807, 2.05) is 6.07 Å². The summed E-state index contributed by atoms with van der Waals surface area (Å²) in [4.78, 5) is 0. The van der Waals surface area contributed by atoms with Crippen molar-refractivity contribution in [3.8, 4) is 0 Å². The Morgan fingerprint density at radius 3 is 2.56 bits per heavy atom. The van der Waals surface area contributed by atoms with Crippen LogP contribution in [-0.4, -0.2) is 11.7 Å². The zero-order valence-corrected chi connectivity index (χ0v) is 9.84. The first-order valence-electron chi connectivity index (χ1n) is 6.21. The summed E-state index contributed by atoms with van der Waals surface area (Å²) in [6, 6.07) is 10.4. The molecular formula is C15H20O. The first-order valence-corrected chi connectivity index (χ1v) is 6.21. The minimum absolute atomic E-state index is 0.342. The molecule has 1 fully saturated rings. The van der Waals surface area contributed by atoms with Crippen molar-refractivity contribution >= 4 is 6.08 Å². The van der Waals surface area contributed by atoms with Crippen LogP contribution in [0.5, 0.6) is 0 Å². The Labute approximate surface area is 97.8 Å². The van der Waals surface area contributed by atoms with E-state index in [-0.39, 0.29) is 0 Å².